The Morgan fingerprint density at radius 1 is 1.16 bits per heavy atom. The van der Waals surface area contributed by atoms with Crippen LogP contribution in [-0.4, -0.2) is 62.2 Å². The number of rotatable bonds is 4. The van der Waals surface area contributed by atoms with E-state index >= 15 is 0 Å². The molecule has 0 aromatic carbocycles. The number of halogens is 1. The van der Waals surface area contributed by atoms with E-state index in [9.17, 15) is 0 Å². The molecule has 0 spiro atoms. The minimum Gasteiger partial charge on any atom is -0.316 e. The minimum absolute atomic E-state index is 0. The molecule has 3 aliphatic heterocycles. The van der Waals surface area contributed by atoms with E-state index in [1.807, 2.05) is 0 Å². The molecule has 3 fully saturated rings. The monoisotopic (exact) mass is 287 g/mol. The van der Waals surface area contributed by atoms with Crippen LogP contribution in [-0.2, 0) is 0 Å². The summed E-state index contributed by atoms with van der Waals surface area (Å²) in [6.07, 6.45) is 5.65. The molecule has 3 heterocycles. The Morgan fingerprint density at radius 2 is 1.95 bits per heavy atom. The average Bonchev–Trinajstić information content (AvgIpc) is 3.03. The van der Waals surface area contributed by atoms with E-state index in [2.05, 4.69) is 22.0 Å². The third kappa shape index (κ3) is 4.07. The lowest BCUT2D eigenvalue weighted by Crippen LogP contribution is -2.37. The number of hydrogen-bond donors (Lipinski definition) is 1. The smallest absolute Gasteiger partial charge is 0.00481 e. The van der Waals surface area contributed by atoms with Crippen LogP contribution in [0.3, 0.4) is 0 Å². The standard InChI is InChI=1S/C15H29N3.ClH/c1-15(5-6-16-12-15)13-18-9-4-14(11-18)10-17-7-2-3-8-17;/h14,16H,2-13H2,1H3;1H. The van der Waals surface area contributed by atoms with Gasteiger partial charge in [0.25, 0.3) is 0 Å². The zero-order valence-corrected chi connectivity index (χ0v) is 13.2. The predicted molar refractivity (Wildman–Crippen MR) is 83.1 cm³/mol. The van der Waals surface area contributed by atoms with Crippen molar-refractivity contribution in [3.63, 3.8) is 0 Å². The van der Waals surface area contributed by atoms with Crippen LogP contribution in [0.5, 0.6) is 0 Å². The summed E-state index contributed by atoms with van der Waals surface area (Å²) < 4.78 is 0. The molecule has 2 atom stereocenters. The fraction of sp³-hybridized carbons (Fsp3) is 1.00. The lowest BCUT2D eigenvalue weighted by molar-refractivity contribution is 0.196. The minimum atomic E-state index is 0. The Morgan fingerprint density at radius 3 is 2.63 bits per heavy atom. The van der Waals surface area contributed by atoms with Crippen LogP contribution < -0.4 is 5.32 Å². The van der Waals surface area contributed by atoms with Crippen LogP contribution in [0.15, 0.2) is 0 Å². The summed E-state index contributed by atoms with van der Waals surface area (Å²) >= 11 is 0. The molecule has 0 bridgehead atoms. The SMILES string of the molecule is CC1(CN2CCC(CN3CCCC3)C2)CCNC1.Cl. The molecule has 0 radical (unpaired) electrons. The highest BCUT2D eigenvalue weighted by molar-refractivity contribution is 5.85. The highest BCUT2D eigenvalue weighted by Gasteiger charge is 2.33. The largest absolute Gasteiger partial charge is 0.316 e. The summed E-state index contributed by atoms with van der Waals surface area (Å²) in [6, 6.07) is 0. The van der Waals surface area contributed by atoms with Gasteiger partial charge in [-0.1, -0.05) is 6.92 Å². The van der Waals surface area contributed by atoms with E-state index in [0.717, 1.165) is 5.92 Å². The molecular formula is C15H30ClN3. The summed E-state index contributed by atoms with van der Waals surface area (Å²) in [5, 5.41) is 3.52. The van der Waals surface area contributed by atoms with Crippen LogP contribution in [0.1, 0.15) is 32.6 Å². The molecule has 112 valence electrons. The van der Waals surface area contributed by atoms with Crippen LogP contribution in [0.25, 0.3) is 0 Å². The Balaban J connectivity index is 0.00000133. The van der Waals surface area contributed by atoms with Gasteiger partial charge in [-0.25, -0.2) is 0 Å². The van der Waals surface area contributed by atoms with Gasteiger partial charge < -0.3 is 15.1 Å². The first-order valence-corrected chi connectivity index (χ1v) is 7.89. The Labute approximate surface area is 124 Å². The van der Waals surface area contributed by atoms with E-state index in [1.54, 1.807) is 0 Å². The summed E-state index contributed by atoms with van der Waals surface area (Å²) in [4.78, 5) is 5.42. The summed E-state index contributed by atoms with van der Waals surface area (Å²) in [7, 11) is 0. The van der Waals surface area contributed by atoms with Crippen LogP contribution >= 0.6 is 12.4 Å². The van der Waals surface area contributed by atoms with Crippen molar-refractivity contribution in [2.45, 2.75) is 32.6 Å². The van der Waals surface area contributed by atoms with Gasteiger partial charge in [-0.15, -0.1) is 12.4 Å². The summed E-state index contributed by atoms with van der Waals surface area (Å²) in [6.45, 7) is 13.0. The van der Waals surface area contributed by atoms with Gasteiger partial charge >= 0.3 is 0 Å². The van der Waals surface area contributed by atoms with Crippen LogP contribution in [0.2, 0.25) is 0 Å². The van der Waals surface area contributed by atoms with Crippen LogP contribution in [0.4, 0.5) is 0 Å². The molecule has 3 rings (SSSR count). The van der Waals surface area contributed by atoms with Crippen molar-refractivity contribution in [2.75, 3.05) is 52.4 Å². The van der Waals surface area contributed by atoms with E-state index in [1.165, 1.54) is 78.0 Å². The molecule has 0 aromatic rings. The predicted octanol–water partition coefficient (Wildman–Crippen LogP) is 1.83. The summed E-state index contributed by atoms with van der Waals surface area (Å²) in [5.41, 5.74) is 0.544. The van der Waals surface area contributed by atoms with Crippen molar-refractivity contribution >= 4 is 12.4 Å². The molecular weight excluding hydrogens is 258 g/mol. The van der Waals surface area contributed by atoms with Crippen molar-refractivity contribution < 1.29 is 0 Å². The Hall–Kier alpha value is 0.170. The molecule has 2 unspecified atom stereocenters. The molecule has 0 amide bonds. The number of likely N-dealkylation sites (tertiary alicyclic amines) is 2. The zero-order valence-electron chi connectivity index (χ0n) is 12.4. The quantitative estimate of drug-likeness (QED) is 0.851. The first kappa shape index (κ1) is 15.6. The normalized spacial score (nSPS) is 36.8. The van der Waals surface area contributed by atoms with Gasteiger partial charge in [0.2, 0.25) is 0 Å². The number of hydrogen-bond acceptors (Lipinski definition) is 3. The topological polar surface area (TPSA) is 18.5 Å². The van der Waals surface area contributed by atoms with Crippen molar-refractivity contribution in [3.05, 3.63) is 0 Å². The van der Waals surface area contributed by atoms with Crippen molar-refractivity contribution in [1.29, 1.82) is 0 Å². The maximum absolute atomic E-state index is 3.52. The molecule has 19 heavy (non-hydrogen) atoms. The lowest BCUT2D eigenvalue weighted by atomic mass is 9.89. The van der Waals surface area contributed by atoms with Crippen molar-refractivity contribution in [2.24, 2.45) is 11.3 Å². The molecule has 3 aliphatic rings. The molecule has 0 aromatic heterocycles. The highest BCUT2D eigenvalue weighted by Crippen LogP contribution is 2.29. The Kier molecular flexibility index (Phi) is 5.53. The van der Waals surface area contributed by atoms with Gasteiger partial charge in [0.15, 0.2) is 0 Å². The fourth-order valence-corrected chi connectivity index (χ4v) is 4.08. The maximum Gasteiger partial charge on any atom is 0.00481 e. The van der Waals surface area contributed by atoms with Gasteiger partial charge in [-0.2, -0.15) is 0 Å². The summed E-state index contributed by atoms with van der Waals surface area (Å²) in [5.74, 6) is 0.945. The average molecular weight is 288 g/mol. The molecule has 4 heteroatoms. The van der Waals surface area contributed by atoms with Gasteiger partial charge in [0.05, 0.1) is 0 Å². The van der Waals surface area contributed by atoms with E-state index in [4.69, 9.17) is 0 Å². The second-order valence-electron chi connectivity index (χ2n) is 7.13. The van der Waals surface area contributed by atoms with E-state index in [0.29, 0.717) is 5.41 Å². The first-order valence-electron chi connectivity index (χ1n) is 7.89. The third-order valence-corrected chi connectivity index (χ3v) is 5.15. The lowest BCUT2D eigenvalue weighted by Gasteiger charge is -2.29. The van der Waals surface area contributed by atoms with Gasteiger partial charge in [0, 0.05) is 26.2 Å². The molecule has 3 saturated heterocycles. The molecule has 0 aliphatic carbocycles. The van der Waals surface area contributed by atoms with E-state index < -0.39 is 0 Å². The van der Waals surface area contributed by atoms with Gasteiger partial charge in [0.1, 0.15) is 0 Å². The molecule has 3 nitrogen and oxygen atoms in total. The third-order valence-electron chi connectivity index (χ3n) is 5.15. The second kappa shape index (κ2) is 6.75. The van der Waals surface area contributed by atoms with Gasteiger partial charge in [-0.05, 0) is 63.2 Å². The number of nitrogens with zero attached hydrogens (tertiary/aromatic N) is 2. The maximum atomic E-state index is 3.52. The second-order valence-corrected chi connectivity index (χ2v) is 7.13. The molecule has 0 saturated carbocycles. The fourth-order valence-electron chi connectivity index (χ4n) is 4.08. The Bertz CT molecular complexity index is 273. The van der Waals surface area contributed by atoms with Crippen LogP contribution in [0, 0.1) is 11.3 Å². The molecule has 1 N–H and O–H groups in total. The van der Waals surface area contributed by atoms with Crippen molar-refractivity contribution in [1.82, 2.24) is 15.1 Å². The van der Waals surface area contributed by atoms with Gasteiger partial charge in [-0.3, -0.25) is 0 Å². The van der Waals surface area contributed by atoms with Crippen molar-refractivity contribution in [3.8, 4) is 0 Å². The number of nitrogens with one attached hydrogen (secondary N) is 1. The van der Waals surface area contributed by atoms with E-state index in [-0.39, 0.29) is 12.4 Å². The highest BCUT2D eigenvalue weighted by atomic mass is 35.5. The first-order chi connectivity index (χ1) is 8.73. The zero-order chi connectivity index (χ0) is 12.4.